The molecule has 0 aromatic heterocycles. The van der Waals surface area contributed by atoms with Crippen molar-refractivity contribution in [1.29, 1.82) is 0 Å². The third-order valence-electron chi connectivity index (χ3n) is 3.76. The maximum atomic E-state index is 5.54. The van der Waals surface area contributed by atoms with Crippen LogP contribution in [0.1, 0.15) is 19.8 Å². The van der Waals surface area contributed by atoms with Gasteiger partial charge in [-0.1, -0.05) is 6.92 Å². The Morgan fingerprint density at radius 1 is 1.50 bits per heavy atom. The number of ether oxygens (including phenoxy) is 1. The van der Waals surface area contributed by atoms with E-state index >= 15 is 0 Å². The van der Waals surface area contributed by atoms with Crippen molar-refractivity contribution in [1.82, 2.24) is 10.2 Å². The maximum Gasteiger partial charge on any atom is 0.0622 e. The summed E-state index contributed by atoms with van der Waals surface area (Å²) in [4.78, 5) is 2.52. The van der Waals surface area contributed by atoms with E-state index in [2.05, 4.69) is 24.2 Å². The molecule has 2 aliphatic heterocycles. The second-order valence-electron chi connectivity index (χ2n) is 4.54. The van der Waals surface area contributed by atoms with Crippen LogP contribution in [-0.4, -0.2) is 50.3 Å². The highest BCUT2D eigenvalue weighted by atomic mass is 16.5. The van der Waals surface area contributed by atoms with Gasteiger partial charge in [0, 0.05) is 31.8 Å². The van der Waals surface area contributed by atoms with Crippen molar-refractivity contribution in [3.05, 3.63) is 0 Å². The quantitative estimate of drug-likeness (QED) is 0.671. The van der Waals surface area contributed by atoms with Crippen LogP contribution >= 0.6 is 0 Å². The van der Waals surface area contributed by atoms with Crippen LogP contribution in [0.4, 0.5) is 0 Å². The topological polar surface area (TPSA) is 24.5 Å². The highest BCUT2D eigenvalue weighted by Crippen LogP contribution is 2.26. The first-order valence-corrected chi connectivity index (χ1v) is 5.84. The summed E-state index contributed by atoms with van der Waals surface area (Å²) in [5, 5.41) is 3.61. The predicted octanol–water partition coefficient (Wildman–Crippen LogP) is 0.705. The van der Waals surface area contributed by atoms with Crippen molar-refractivity contribution < 1.29 is 4.74 Å². The Bertz CT molecular complexity index is 186. The smallest absolute Gasteiger partial charge is 0.0622 e. The molecule has 14 heavy (non-hydrogen) atoms. The number of hydrogen-bond acceptors (Lipinski definition) is 3. The minimum absolute atomic E-state index is 0.596. The van der Waals surface area contributed by atoms with E-state index in [-0.39, 0.29) is 0 Å². The van der Waals surface area contributed by atoms with E-state index in [0.29, 0.717) is 6.04 Å². The van der Waals surface area contributed by atoms with Crippen LogP contribution in [-0.2, 0) is 4.74 Å². The normalized spacial score (nSPS) is 40.3. The van der Waals surface area contributed by atoms with Gasteiger partial charge < -0.3 is 15.0 Å². The van der Waals surface area contributed by atoms with Gasteiger partial charge in [0.2, 0.25) is 0 Å². The molecule has 2 fully saturated rings. The van der Waals surface area contributed by atoms with E-state index in [1.54, 1.807) is 0 Å². The summed E-state index contributed by atoms with van der Waals surface area (Å²) in [6.07, 6.45) is 2.49. The summed E-state index contributed by atoms with van der Waals surface area (Å²) in [5.74, 6) is 0.793. The van der Waals surface area contributed by atoms with Gasteiger partial charge in [-0.2, -0.15) is 0 Å². The molecule has 0 aliphatic carbocycles. The Hall–Kier alpha value is -0.120. The molecule has 2 saturated heterocycles. The van der Waals surface area contributed by atoms with Gasteiger partial charge in [-0.25, -0.2) is 0 Å². The van der Waals surface area contributed by atoms with Gasteiger partial charge in [0.15, 0.2) is 0 Å². The van der Waals surface area contributed by atoms with Gasteiger partial charge >= 0.3 is 0 Å². The second kappa shape index (κ2) is 4.60. The van der Waals surface area contributed by atoms with Crippen molar-refractivity contribution >= 4 is 0 Å². The van der Waals surface area contributed by atoms with Crippen LogP contribution in [0.5, 0.6) is 0 Å². The lowest BCUT2D eigenvalue weighted by Crippen LogP contribution is -2.48. The van der Waals surface area contributed by atoms with Gasteiger partial charge in [-0.15, -0.1) is 0 Å². The van der Waals surface area contributed by atoms with Gasteiger partial charge in [0.1, 0.15) is 0 Å². The predicted molar refractivity (Wildman–Crippen MR) is 57.4 cm³/mol. The fourth-order valence-corrected chi connectivity index (χ4v) is 2.96. The summed E-state index contributed by atoms with van der Waals surface area (Å²) in [7, 11) is 2.26. The molecule has 1 unspecified atom stereocenters. The van der Waals surface area contributed by atoms with Crippen LogP contribution in [0.15, 0.2) is 0 Å². The van der Waals surface area contributed by atoms with E-state index in [0.717, 1.165) is 31.7 Å². The van der Waals surface area contributed by atoms with E-state index in [9.17, 15) is 0 Å². The zero-order valence-electron chi connectivity index (χ0n) is 9.33. The molecule has 0 saturated carbocycles. The fraction of sp³-hybridized carbons (Fsp3) is 1.00. The van der Waals surface area contributed by atoms with E-state index in [4.69, 9.17) is 4.74 Å². The van der Waals surface area contributed by atoms with Gasteiger partial charge in [-0.3, -0.25) is 0 Å². The van der Waals surface area contributed by atoms with Crippen molar-refractivity contribution in [3.8, 4) is 0 Å². The molecule has 0 aromatic rings. The minimum Gasteiger partial charge on any atom is -0.380 e. The number of rotatable bonds is 1. The minimum atomic E-state index is 0.596. The Morgan fingerprint density at radius 2 is 2.36 bits per heavy atom. The Labute approximate surface area is 86.8 Å². The lowest BCUT2D eigenvalue weighted by molar-refractivity contribution is 0.0157. The van der Waals surface area contributed by atoms with E-state index < -0.39 is 0 Å². The Kier molecular flexibility index (Phi) is 3.42. The molecular weight excluding hydrogens is 176 g/mol. The molecule has 82 valence electrons. The monoisotopic (exact) mass is 198 g/mol. The molecule has 0 bridgehead atoms. The molecule has 2 heterocycles. The highest BCUT2D eigenvalue weighted by molar-refractivity contribution is 4.91. The average Bonchev–Trinajstić information content (AvgIpc) is 2.36. The summed E-state index contributed by atoms with van der Waals surface area (Å²) in [5.41, 5.74) is 0. The first-order chi connectivity index (χ1) is 6.83. The van der Waals surface area contributed by atoms with Gasteiger partial charge in [0.25, 0.3) is 0 Å². The molecule has 2 rings (SSSR count). The molecule has 2 aliphatic rings. The summed E-state index contributed by atoms with van der Waals surface area (Å²) in [6.45, 7) is 6.45. The third-order valence-corrected chi connectivity index (χ3v) is 3.76. The van der Waals surface area contributed by atoms with Crippen molar-refractivity contribution in [3.63, 3.8) is 0 Å². The van der Waals surface area contributed by atoms with Crippen LogP contribution in [0.2, 0.25) is 0 Å². The average molecular weight is 198 g/mol. The van der Waals surface area contributed by atoms with Crippen molar-refractivity contribution in [2.45, 2.75) is 31.8 Å². The van der Waals surface area contributed by atoms with Crippen LogP contribution in [0.25, 0.3) is 0 Å². The number of likely N-dealkylation sites (N-methyl/N-ethyl adjacent to an activating group) is 1. The Morgan fingerprint density at radius 3 is 3.14 bits per heavy atom. The molecule has 0 radical (unpaired) electrons. The fourth-order valence-electron chi connectivity index (χ4n) is 2.96. The van der Waals surface area contributed by atoms with Crippen LogP contribution < -0.4 is 5.32 Å². The summed E-state index contributed by atoms with van der Waals surface area (Å²) < 4.78 is 5.54. The first kappa shape index (κ1) is 10.4. The number of fused-ring (bicyclic) bond motifs is 1. The van der Waals surface area contributed by atoms with Crippen LogP contribution in [0, 0.1) is 5.92 Å². The molecule has 1 N–H and O–H groups in total. The standard InChI is InChI=1S/C11H22N2O/c1-3-11-9-4-7-14-8-10(9)12-5-6-13(11)2/h9-12H,3-8H2,1-2H3/t9-,10?,11+/m0/s1. The molecule has 0 aromatic carbocycles. The zero-order chi connectivity index (χ0) is 9.97. The number of hydrogen-bond donors (Lipinski definition) is 1. The zero-order valence-corrected chi connectivity index (χ0v) is 9.33. The van der Waals surface area contributed by atoms with Gasteiger partial charge in [0.05, 0.1) is 6.61 Å². The largest absolute Gasteiger partial charge is 0.380 e. The summed E-state index contributed by atoms with van der Waals surface area (Å²) >= 11 is 0. The molecule has 0 amide bonds. The van der Waals surface area contributed by atoms with Crippen LogP contribution in [0.3, 0.4) is 0 Å². The maximum absolute atomic E-state index is 5.54. The molecule has 3 atom stereocenters. The van der Waals surface area contributed by atoms with Gasteiger partial charge in [-0.05, 0) is 25.8 Å². The highest BCUT2D eigenvalue weighted by Gasteiger charge is 2.35. The molecule has 3 nitrogen and oxygen atoms in total. The molecule has 3 heteroatoms. The van der Waals surface area contributed by atoms with E-state index in [1.165, 1.54) is 19.4 Å². The Balaban J connectivity index is 2.09. The lowest BCUT2D eigenvalue weighted by Gasteiger charge is -2.37. The molecule has 0 spiro atoms. The SMILES string of the molecule is CC[C@@H]1[C@H]2CCOCC2NCCN1C. The lowest BCUT2D eigenvalue weighted by atomic mass is 9.86. The second-order valence-corrected chi connectivity index (χ2v) is 4.54. The third kappa shape index (κ3) is 1.95. The number of nitrogens with one attached hydrogen (secondary N) is 1. The van der Waals surface area contributed by atoms with E-state index in [1.807, 2.05) is 0 Å². The first-order valence-electron chi connectivity index (χ1n) is 5.84. The van der Waals surface area contributed by atoms with Crippen molar-refractivity contribution in [2.75, 3.05) is 33.4 Å². The molecular formula is C11H22N2O. The number of nitrogens with zero attached hydrogens (tertiary/aromatic N) is 1. The van der Waals surface area contributed by atoms with Crippen molar-refractivity contribution in [2.24, 2.45) is 5.92 Å². The summed E-state index contributed by atoms with van der Waals surface area (Å²) in [6, 6.07) is 1.34.